The number of nitrogens with zero attached hydrogens (tertiary/aromatic N) is 3. The van der Waals surface area contributed by atoms with Crippen LogP contribution in [0.4, 0.5) is 0 Å². The van der Waals surface area contributed by atoms with Gasteiger partial charge < -0.3 is 0 Å². The molecule has 1 aliphatic rings. The number of hydrogen-bond donors (Lipinski definition) is 0. The normalized spacial score (nSPS) is 16.5. The Bertz CT molecular complexity index is 1100. The second-order valence-electron chi connectivity index (χ2n) is 7.44. The molecule has 1 aliphatic heterocycles. The molecule has 0 spiro atoms. The Morgan fingerprint density at radius 3 is 2.50 bits per heavy atom. The largest absolute Gasteiger partial charge is 0.296 e. The van der Waals surface area contributed by atoms with Gasteiger partial charge in [0.25, 0.3) is 0 Å². The maximum absolute atomic E-state index is 13.1. The summed E-state index contributed by atoms with van der Waals surface area (Å²) in [4.78, 5) is 7.26. The zero-order valence-electron chi connectivity index (χ0n) is 16.3. The number of sulfonamides is 1. The van der Waals surface area contributed by atoms with E-state index < -0.39 is 10.0 Å². The molecule has 28 heavy (non-hydrogen) atoms. The molecule has 2 heterocycles. The van der Waals surface area contributed by atoms with Crippen molar-refractivity contribution in [2.24, 2.45) is 0 Å². The van der Waals surface area contributed by atoms with Crippen LogP contribution in [0.2, 0.25) is 0 Å². The Morgan fingerprint density at radius 1 is 0.964 bits per heavy atom. The average Bonchev–Trinajstić information content (AvgIpc) is 2.70. The number of piperazine rings is 1. The third-order valence-corrected chi connectivity index (χ3v) is 7.44. The summed E-state index contributed by atoms with van der Waals surface area (Å²) < 4.78 is 27.8. The van der Waals surface area contributed by atoms with Crippen molar-refractivity contribution in [3.63, 3.8) is 0 Å². The highest BCUT2D eigenvalue weighted by Crippen LogP contribution is 2.23. The van der Waals surface area contributed by atoms with Gasteiger partial charge in [-0.15, -0.1) is 0 Å². The highest BCUT2D eigenvalue weighted by molar-refractivity contribution is 7.89. The number of rotatable bonds is 4. The molecule has 4 rings (SSSR count). The number of aromatic nitrogens is 1. The van der Waals surface area contributed by atoms with Crippen LogP contribution in [-0.2, 0) is 16.6 Å². The van der Waals surface area contributed by atoms with Crippen LogP contribution in [0, 0.1) is 13.8 Å². The molecular formula is C22H25N3O2S. The van der Waals surface area contributed by atoms with Crippen molar-refractivity contribution in [2.45, 2.75) is 25.3 Å². The van der Waals surface area contributed by atoms with Gasteiger partial charge in [-0.1, -0.05) is 36.4 Å². The minimum Gasteiger partial charge on any atom is -0.296 e. The lowest BCUT2D eigenvalue weighted by Crippen LogP contribution is -2.48. The van der Waals surface area contributed by atoms with E-state index in [1.54, 1.807) is 10.4 Å². The van der Waals surface area contributed by atoms with Crippen molar-refractivity contribution in [3.8, 4) is 0 Å². The summed E-state index contributed by atoms with van der Waals surface area (Å²) in [7, 11) is -3.45. The highest BCUT2D eigenvalue weighted by atomic mass is 32.2. The van der Waals surface area contributed by atoms with E-state index in [1.165, 1.54) is 5.56 Å². The van der Waals surface area contributed by atoms with E-state index >= 15 is 0 Å². The predicted molar refractivity (Wildman–Crippen MR) is 112 cm³/mol. The number of fused-ring (bicyclic) bond motifs is 1. The molecule has 0 saturated carbocycles. The first-order chi connectivity index (χ1) is 13.4. The summed E-state index contributed by atoms with van der Waals surface area (Å²) in [6.07, 6.45) is 1.82. The van der Waals surface area contributed by atoms with Gasteiger partial charge in [0.2, 0.25) is 10.0 Å². The highest BCUT2D eigenvalue weighted by Gasteiger charge is 2.29. The van der Waals surface area contributed by atoms with Crippen molar-refractivity contribution in [2.75, 3.05) is 26.2 Å². The van der Waals surface area contributed by atoms with Crippen molar-refractivity contribution >= 4 is 20.9 Å². The average molecular weight is 396 g/mol. The van der Waals surface area contributed by atoms with Crippen molar-refractivity contribution in [1.29, 1.82) is 0 Å². The number of para-hydroxylation sites is 1. The standard InChI is InChI=1S/C22H25N3O2S/c1-17-8-9-18(2)21(15-17)28(26,27)25-13-11-24(12-14-25)16-20-6-3-5-19-7-4-10-23-22(19)20/h3-10,15H,11-14,16H2,1-2H3. The van der Waals surface area contributed by atoms with Gasteiger partial charge >= 0.3 is 0 Å². The smallest absolute Gasteiger partial charge is 0.243 e. The van der Waals surface area contributed by atoms with Crippen LogP contribution in [0.5, 0.6) is 0 Å². The first kappa shape index (κ1) is 19.1. The number of hydrogen-bond acceptors (Lipinski definition) is 4. The van der Waals surface area contributed by atoms with Gasteiger partial charge in [0.15, 0.2) is 0 Å². The second kappa shape index (κ2) is 7.62. The zero-order chi connectivity index (χ0) is 19.7. The molecule has 1 aromatic heterocycles. The molecule has 0 aliphatic carbocycles. The van der Waals surface area contributed by atoms with E-state index in [2.05, 4.69) is 34.1 Å². The van der Waals surface area contributed by atoms with Crippen LogP contribution in [0.1, 0.15) is 16.7 Å². The third-order valence-electron chi connectivity index (χ3n) is 5.40. The van der Waals surface area contributed by atoms with Gasteiger partial charge in [0, 0.05) is 44.3 Å². The fraction of sp³-hybridized carbons (Fsp3) is 0.318. The van der Waals surface area contributed by atoms with Gasteiger partial charge in [0.1, 0.15) is 0 Å². The summed E-state index contributed by atoms with van der Waals surface area (Å²) in [6.45, 7) is 7.01. The molecule has 0 atom stereocenters. The van der Waals surface area contributed by atoms with Crippen LogP contribution >= 0.6 is 0 Å². The Balaban J connectivity index is 1.48. The van der Waals surface area contributed by atoms with E-state index in [-0.39, 0.29) is 0 Å². The Morgan fingerprint density at radius 2 is 1.71 bits per heavy atom. The van der Waals surface area contributed by atoms with Gasteiger partial charge in [-0.25, -0.2) is 8.42 Å². The van der Waals surface area contributed by atoms with E-state index in [1.807, 2.05) is 38.2 Å². The van der Waals surface area contributed by atoms with E-state index in [9.17, 15) is 8.42 Å². The molecule has 6 heteroatoms. The molecule has 0 N–H and O–H groups in total. The summed E-state index contributed by atoms with van der Waals surface area (Å²) in [5.74, 6) is 0. The van der Waals surface area contributed by atoms with Crippen LogP contribution in [0.25, 0.3) is 10.9 Å². The summed E-state index contributed by atoms with van der Waals surface area (Å²) in [5.41, 5.74) is 3.97. The fourth-order valence-corrected chi connectivity index (χ4v) is 5.52. The molecule has 0 radical (unpaired) electrons. The quantitative estimate of drug-likeness (QED) is 0.680. The monoisotopic (exact) mass is 395 g/mol. The predicted octanol–water partition coefficient (Wildman–Crippen LogP) is 3.36. The topological polar surface area (TPSA) is 53.5 Å². The van der Waals surface area contributed by atoms with Crippen molar-refractivity contribution in [3.05, 3.63) is 71.4 Å². The molecule has 146 valence electrons. The first-order valence-electron chi connectivity index (χ1n) is 9.57. The lowest BCUT2D eigenvalue weighted by atomic mass is 10.1. The first-order valence-corrected chi connectivity index (χ1v) is 11.0. The summed E-state index contributed by atoms with van der Waals surface area (Å²) in [6, 6.07) is 15.9. The maximum atomic E-state index is 13.1. The Labute approximate surface area is 166 Å². The van der Waals surface area contributed by atoms with Crippen LogP contribution in [-0.4, -0.2) is 48.8 Å². The molecule has 3 aromatic rings. The van der Waals surface area contributed by atoms with Crippen LogP contribution in [0.3, 0.4) is 0 Å². The Kier molecular flexibility index (Phi) is 5.19. The molecule has 1 fully saturated rings. The number of aryl methyl sites for hydroxylation is 2. The van der Waals surface area contributed by atoms with Crippen LogP contribution < -0.4 is 0 Å². The molecule has 1 saturated heterocycles. The molecule has 0 bridgehead atoms. The minimum absolute atomic E-state index is 0.430. The van der Waals surface area contributed by atoms with E-state index in [0.717, 1.165) is 28.6 Å². The van der Waals surface area contributed by atoms with Gasteiger partial charge in [-0.05, 0) is 42.7 Å². The van der Waals surface area contributed by atoms with Crippen LogP contribution in [0.15, 0.2) is 59.6 Å². The van der Waals surface area contributed by atoms with E-state index in [4.69, 9.17) is 0 Å². The second-order valence-corrected chi connectivity index (χ2v) is 9.35. The maximum Gasteiger partial charge on any atom is 0.243 e. The van der Waals surface area contributed by atoms with E-state index in [0.29, 0.717) is 31.1 Å². The van der Waals surface area contributed by atoms with Gasteiger partial charge in [0.05, 0.1) is 10.4 Å². The molecule has 5 nitrogen and oxygen atoms in total. The lowest BCUT2D eigenvalue weighted by Gasteiger charge is -2.34. The molecular weight excluding hydrogens is 370 g/mol. The molecule has 0 unspecified atom stereocenters. The van der Waals surface area contributed by atoms with Crippen molar-refractivity contribution < 1.29 is 8.42 Å². The summed E-state index contributed by atoms with van der Waals surface area (Å²) >= 11 is 0. The zero-order valence-corrected chi connectivity index (χ0v) is 17.1. The number of benzene rings is 2. The third kappa shape index (κ3) is 3.68. The fourth-order valence-electron chi connectivity index (χ4n) is 3.79. The van der Waals surface area contributed by atoms with Gasteiger partial charge in [-0.2, -0.15) is 4.31 Å². The lowest BCUT2D eigenvalue weighted by molar-refractivity contribution is 0.182. The minimum atomic E-state index is -3.45. The van der Waals surface area contributed by atoms with Gasteiger partial charge in [-0.3, -0.25) is 9.88 Å². The van der Waals surface area contributed by atoms with Crippen molar-refractivity contribution in [1.82, 2.24) is 14.2 Å². The number of pyridine rings is 1. The summed E-state index contributed by atoms with van der Waals surface area (Å²) in [5, 5.41) is 1.14. The molecule has 2 aromatic carbocycles. The SMILES string of the molecule is Cc1ccc(C)c(S(=O)(=O)N2CCN(Cc3cccc4cccnc34)CC2)c1. The molecule has 0 amide bonds. The Hall–Kier alpha value is -2.28.